The Kier molecular flexibility index (Phi) is 7.32. The molecule has 41 heavy (non-hydrogen) atoms. The molecule has 0 radical (unpaired) electrons. The van der Waals surface area contributed by atoms with Crippen molar-refractivity contribution < 1.29 is 18.7 Å². The average molecular weight is 587 g/mol. The summed E-state index contributed by atoms with van der Waals surface area (Å²) in [6, 6.07) is 3.47. The summed E-state index contributed by atoms with van der Waals surface area (Å²) < 4.78 is 20.3. The summed E-state index contributed by atoms with van der Waals surface area (Å²) in [7, 11) is -1.93. The van der Waals surface area contributed by atoms with Crippen LogP contribution in [0.3, 0.4) is 0 Å². The Morgan fingerprint density at radius 3 is 2.15 bits per heavy atom. The van der Waals surface area contributed by atoms with Crippen LogP contribution in [-0.4, -0.2) is 39.2 Å². The molecule has 5 aliphatic carbocycles. The van der Waals surface area contributed by atoms with E-state index in [1.807, 2.05) is 6.92 Å². The SMILES string of the molecule is CCOC(=O)[C@H]1CC(C)C2[C@H](O1)[C@H](O[Si](CC)(CC)CC)[C@@]1(C)[C@@H]3CC[C@H]4C(C)(C)[C@@H](C)CCC45C[C@@]35CC[C@]21C. The van der Waals surface area contributed by atoms with E-state index in [1.165, 1.54) is 44.9 Å². The number of hydrogen-bond acceptors (Lipinski definition) is 4. The maximum absolute atomic E-state index is 13.1. The van der Waals surface area contributed by atoms with E-state index in [2.05, 4.69) is 62.3 Å². The van der Waals surface area contributed by atoms with Crippen LogP contribution in [0, 0.1) is 56.7 Å². The average Bonchev–Trinajstić information content (AvgIpc) is 3.57. The standard InChI is InChI=1S/C36H62O4Si/c1-11-38-31(37)25-21-23(5)28-29(39-25)30(40-41(12-2,13-3)14-4)34(10)27-16-15-26-32(7,8)24(6)17-18-35(26)22-36(27,35)20-19-33(28,34)9/h23-30H,11-22H2,1-10H3/t23?,24-,25+,26-,27-,28?,29-,30-,33+,34+,35?,36-/m0/s1. The van der Waals surface area contributed by atoms with E-state index in [9.17, 15) is 4.79 Å². The van der Waals surface area contributed by atoms with Crippen molar-refractivity contribution in [2.45, 2.75) is 157 Å². The summed E-state index contributed by atoms with van der Waals surface area (Å²) in [6.07, 6.45) is 10.1. The van der Waals surface area contributed by atoms with Crippen LogP contribution in [-0.2, 0) is 18.7 Å². The van der Waals surface area contributed by atoms with E-state index < -0.39 is 14.4 Å². The van der Waals surface area contributed by atoms with Crippen LogP contribution >= 0.6 is 0 Å². The maximum Gasteiger partial charge on any atom is 0.335 e. The highest BCUT2D eigenvalue weighted by molar-refractivity contribution is 6.73. The summed E-state index contributed by atoms with van der Waals surface area (Å²) in [4.78, 5) is 13.1. The molecule has 0 aromatic carbocycles. The van der Waals surface area contributed by atoms with E-state index in [1.54, 1.807) is 0 Å². The first-order chi connectivity index (χ1) is 19.3. The lowest BCUT2D eigenvalue weighted by Crippen LogP contribution is -2.60. The summed E-state index contributed by atoms with van der Waals surface area (Å²) in [6.45, 7) is 24.9. The van der Waals surface area contributed by atoms with Crippen LogP contribution in [0.1, 0.15) is 121 Å². The highest BCUT2D eigenvalue weighted by atomic mass is 28.4. The van der Waals surface area contributed by atoms with E-state index in [4.69, 9.17) is 13.9 Å². The second kappa shape index (κ2) is 9.80. The Morgan fingerprint density at radius 1 is 0.878 bits per heavy atom. The second-order valence-electron chi connectivity index (χ2n) is 17.0. The third-order valence-corrected chi connectivity index (χ3v) is 20.8. The molecule has 0 bridgehead atoms. The Hall–Kier alpha value is -0.393. The van der Waals surface area contributed by atoms with Gasteiger partial charge in [0, 0.05) is 5.41 Å². The monoisotopic (exact) mass is 586 g/mol. The third-order valence-electron chi connectivity index (χ3n) is 16.2. The van der Waals surface area contributed by atoms with Gasteiger partial charge in [0.15, 0.2) is 14.4 Å². The highest BCUT2D eigenvalue weighted by Crippen LogP contribution is 2.89. The van der Waals surface area contributed by atoms with Crippen molar-refractivity contribution in [3.05, 3.63) is 0 Å². The number of rotatable bonds is 7. The van der Waals surface area contributed by atoms with Gasteiger partial charge in [0.25, 0.3) is 0 Å². The largest absolute Gasteiger partial charge is 0.464 e. The predicted octanol–water partition coefficient (Wildman–Crippen LogP) is 9.03. The molecule has 2 spiro atoms. The molecule has 0 aromatic heterocycles. The van der Waals surface area contributed by atoms with Gasteiger partial charge in [0.2, 0.25) is 0 Å². The van der Waals surface area contributed by atoms with Gasteiger partial charge >= 0.3 is 5.97 Å². The van der Waals surface area contributed by atoms with E-state index >= 15 is 0 Å². The van der Waals surface area contributed by atoms with Gasteiger partial charge in [-0.3, -0.25) is 0 Å². The van der Waals surface area contributed by atoms with Crippen LogP contribution in [0.25, 0.3) is 0 Å². The minimum Gasteiger partial charge on any atom is -0.464 e. The Morgan fingerprint density at radius 2 is 1.51 bits per heavy atom. The van der Waals surface area contributed by atoms with Crippen molar-refractivity contribution in [1.29, 1.82) is 0 Å². The number of carbonyl (C=O) groups is 1. The zero-order valence-electron chi connectivity index (χ0n) is 28.2. The minimum atomic E-state index is -1.93. The van der Waals surface area contributed by atoms with Gasteiger partial charge in [-0.25, -0.2) is 4.79 Å². The summed E-state index contributed by atoms with van der Waals surface area (Å²) in [5, 5.41) is 0. The van der Waals surface area contributed by atoms with E-state index in [-0.39, 0.29) is 29.0 Å². The van der Waals surface area contributed by atoms with Crippen LogP contribution in [0.5, 0.6) is 0 Å². The van der Waals surface area contributed by atoms with Crippen LogP contribution in [0.4, 0.5) is 0 Å². The molecule has 1 aliphatic heterocycles. The topological polar surface area (TPSA) is 44.8 Å². The molecule has 1 saturated heterocycles. The molecule has 5 heteroatoms. The lowest BCUT2D eigenvalue weighted by atomic mass is 9.41. The molecular formula is C36H62O4Si. The van der Waals surface area contributed by atoms with Crippen molar-refractivity contribution in [2.24, 2.45) is 56.7 Å². The Labute approximate surface area is 252 Å². The molecule has 3 unspecified atom stereocenters. The first kappa shape index (κ1) is 30.6. The number of hydrogen-bond donors (Lipinski definition) is 0. The quantitative estimate of drug-likeness (QED) is 0.221. The lowest BCUT2D eigenvalue weighted by molar-refractivity contribution is -0.182. The van der Waals surface area contributed by atoms with Crippen molar-refractivity contribution >= 4 is 14.3 Å². The molecule has 234 valence electrons. The third kappa shape index (κ3) is 3.73. The summed E-state index contributed by atoms with van der Waals surface area (Å²) in [5.41, 5.74) is 1.70. The maximum atomic E-state index is 13.1. The summed E-state index contributed by atoms with van der Waals surface area (Å²) in [5.74, 6) is 3.08. The summed E-state index contributed by atoms with van der Waals surface area (Å²) >= 11 is 0. The number of ether oxygens (including phenoxy) is 2. The van der Waals surface area contributed by atoms with Crippen LogP contribution < -0.4 is 0 Å². The normalized spacial score (nSPS) is 51.5. The molecule has 5 saturated carbocycles. The molecule has 6 rings (SSSR count). The predicted molar refractivity (Wildman–Crippen MR) is 168 cm³/mol. The first-order valence-electron chi connectivity index (χ1n) is 17.8. The fourth-order valence-corrected chi connectivity index (χ4v) is 16.2. The second-order valence-corrected chi connectivity index (χ2v) is 21.7. The van der Waals surface area contributed by atoms with Gasteiger partial charge in [-0.15, -0.1) is 0 Å². The Bertz CT molecular complexity index is 1030. The van der Waals surface area contributed by atoms with Crippen molar-refractivity contribution in [3.63, 3.8) is 0 Å². The van der Waals surface area contributed by atoms with Crippen molar-refractivity contribution in [2.75, 3.05) is 6.61 Å². The molecule has 6 aliphatic rings. The molecule has 12 atom stereocenters. The van der Waals surface area contributed by atoms with Crippen LogP contribution in [0.2, 0.25) is 18.1 Å². The smallest absolute Gasteiger partial charge is 0.335 e. The molecular weight excluding hydrogens is 524 g/mol. The van der Waals surface area contributed by atoms with Gasteiger partial charge in [-0.1, -0.05) is 62.3 Å². The fourth-order valence-electron chi connectivity index (χ4n) is 13.3. The highest BCUT2D eigenvalue weighted by Gasteiger charge is 2.84. The zero-order valence-corrected chi connectivity index (χ0v) is 29.2. The number of esters is 1. The van der Waals surface area contributed by atoms with E-state index in [0.717, 1.165) is 36.4 Å². The lowest BCUT2D eigenvalue weighted by Gasteiger charge is -2.64. The molecule has 0 N–H and O–H groups in total. The molecule has 6 fully saturated rings. The molecule has 1 heterocycles. The number of fused-ring (bicyclic) bond motifs is 4. The number of carbonyl (C=O) groups excluding carboxylic acids is 1. The molecule has 0 amide bonds. The van der Waals surface area contributed by atoms with Gasteiger partial charge < -0.3 is 13.9 Å². The fraction of sp³-hybridized carbons (Fsp3) is 0.972. The van der Waals surface area contributed by atoms with Gasteiger partial charge in [0.05, 0.1) is 18.8 Å². The Balaban J connectivity index is 1.45. The van der Waals surface area contributed by atoms with Crippen molar-refractivity contribution in [3.8, 4) is 0 Å². The van der Waals surface area contributed by atoms with E-state index in [0.29, 0.717) is 40.6 Å². The van der Waals surface area contributed by atoms with Gasteiger partial charge in [-0.2, -0.15) is 0 Å². The van der Waals surface area contributed by atoms with Gasteiger partial charge in [-0.05, 0) is 128 Å². The van der Waals surface area contributed by atoms with Gasteiger partial charge in [0.1, 0.15) is 0 Å². The molecule has 0 aromatic rings. The molecule has 4 nitrogen and oxygen atoms in total. The minimum absolute atomic E-state index is 0.00919. The zero-order chi connectivity index (χ0) is 29.8. The first-order valence-corrected chi connectivity index (χ1v) is 20.3. The van der Waals surface area contributed by atoms with Crippen molar-refractivity contribution in [1.82, 2.24) is 0 Å². The van der Waals surface area contributed by atoms with Crippen LogP contribution in [0.15, 0.2) is 0 Å².